The average molecular weight is 557 g/mol. The van der Waals surface area contributed by atoms with Gasteiger partial charge in [0.05, 0.1) is 5.56 Å². The Labute approximate surface area is 235 Å². The zero-order chi connectivity index (χ0) is 29.3. The molecule has 0 saturated heterocycles. The van der Waals surface area contributed by atoms with Crippen LogP contribution in [0.2, 0.25) is 0 Å². The monoisotopic (exact) mass is 556 g/mol. The number of halogens is 3. The van der Waals surface area contributed by atoms with Gasteiger partial charge in [0, 0.05) is 36.2 Å². The molecule has 0 aliphatic heterocycles. The van der Waals surface area contributed by atoms with Gasteiger partial charge in [0.1, 0.15) is 28.8 Å². The van der Waals surface area contributed by atoms with Gasteiger partial charge in [-0.15, -0.1) is 0 Å². The van der Waals surface area contributed by atoms with Gasteiger partial charge >= 0.3 is 0 Å². The van der Waals surface area contributed by atoms with Crippen LogP contribution in [0.15, 0.2) is 83.3 Å². The number of nitrogens with one attached hydrogen (secondary N) is 2. The quantitative estimate of drug-likeness (QED) is 0.217. The Kier molecular flexibility index (Phi) is 7.66. The van der Waals surface area contributed by atoms with Crippen LogP contribution < -0.4 is 10.6 Å². The number of hydrogen-bond acceptors (Lipinski definition) is 3. The fourth-order valence-electron chi connectivity index (χ4n) is 4.70. The summed E-state index contributed by atoms with van der Waals surface area (Å²) in [7, 11) is 1.51. The summed E-state index contributed by atoms with van der Waals surface area (Å²) in [6.07, 6.45) is 0. The molecule has 0 aliphatic rings. The highest BCUT2D eigenvalue weighted by Crippen LogP contribution is 2.37. The first-order valence-corrected chi connectivity index (χ1v) is 13.1. The van der Waals surface area contributed by atoms with Crippen LogP contribution in [0.5, 0.6) is 0 Å². The summed E-state index contributed by atoms with van der Waals surface area (Å²) in [6.45, 7) is 4.34. The van der Waals surface area contributed by atoms with Gasteiger partial charge in [0.25, 0.3) is 11.8 Å². The summed E-state index contributed by atoms with van der Waals surface area (Å²) in [5.41, 5.74) is 3.48. The summed E-state index contributed by atoms with van der Waals surface area (Å²) in [5, 5.41) is 6.05. The van der Waals surface area contributed by atoms with Crippen LogP contribution in [-0.2, 0) is 0 Å². The number of fused-ring (bicyclic) bond motifs is 1. The molecule has 2 amide bonds. The lowest BCUT2D eigenvalue weighted by Crippen LogP contribution is -2.27. The van der Waals surface area contributed by atoms with E-state index >= 15 is 0 Å². The van der Waals surface area contributed by atoms with Crippen molar-refractivity contribution >= 4 is 22.8 Å². The SMILES string of the molecule is CNC(=O)c1c(-c2ccc(F)cc2)oc2ccc(-c3ccc(-c4cc(F)cc(F)c4)c(C(=O)NCC(C)C)c3)cc12. The Morgan fingerprint density at radius 1 is 0.732 bits per heavy atom. The van der Waals surface area contributed by atoms with E-state index in [1.54, 1.807) is 36.4 Å². The Hall–Kier alpha value is -4.85. The number of furan rings is 1. The van der Waals surface area contributed by atoms with Gasteiger partial charge in [-0.2, -0.15) is 0 Å². The number of benzene rings is 4. The van der Waals surface area contributed by atoms with Crippen LogP contribution in [0.1, 0.15) is 34.6 Å². The van der Waals surface area contributed by atoms with Gasteiger partial charge in [-0.3, -0.25) is 9.59 Å². The fourth-order valence-corrected chi connectivity index (χ4v) is 4.70. The van der Waals surface area contributed by atoms with Crippen LogP contribution >= 0.6 is 0 Å². The van der Waals surface area contributed by atoms with Crippen molar-refractivity contribution in [3.05, 3.63) is 107 Å². The summed E-state index contributed by atoms with van der Waals surface area (Å²) < 4.78 is 47.7. The molecular weight excluding hydrogens is 529 g/mol. The topological polar surface area (TPSA) is 71.3 Å². The highest BCUT2D eigenvalue weighted by Gasteiger charge is 2.23. The standard InChI is InChI=1S/C33H27F3N2O3/c1-18(2)17-38-32(39)27-14-20(6-10-26(27)22-12-24(35)16-25(36)13-22)21-7-11-29-28(15-21)30(33(40)37-3)31(41-29)19-4-8-23(34)9-5-19/h4-16,18H,17H2,1-3H3,(H,37,40)(H,38,39). The molecule has 5 aromatic rings. The molecule has 5 rings (SSSR count). The molecule has 208 valence electrons. The first-order valence-electron chi connectivity index (χ1n) is 13.1. The first-order chi connectivity index (χ1) is 19.6. The molecule has 1 aromatic heterocycles. The molecule has 0 atom stereocenters. The maximum atomic E-state index is 14.1. The lowest BCUT2D eigenvalue weighted by Gasteiger charge is -2.14. The van der Waals surface area contributed by atoms with Gasteiger partial charge in [-0.05, 0) is 82.8 Å². The number of hydrogen-bond donors (Lipinski definition) is 2. The van der Waals surface area contributed by atoms with Crippen molar-refractivity contribution in [2.75, 3.05) is 13.6 Å². The van der Waals surface area contributed by atoms with E-state index in [0.29, 0.717) is 45.5 Å². The molecule has 2 N–H and O–H groups in total. The third kappa shape index (κ3) is 5.72. The smallest absolute Gasteiger partial charge is 0.255 e. The van der Waals surface area contributed by atoms with E-state index in [1.807, 2.05) is 13.8 Å². The third-order valence-electron chi connectivity index (χ3n) is 6.69. The lowest BCUT2D eigenvalue weighted by atomic mass is 9.93. The molecule has 0 fully saturated rings. The van der Waals surface area contributed by atoms with Crippen molar-refractivity contribution in [2.45, 2.75) is 13.8 Å². The fraction of sp³-hybridized carbons (Fsp3) is 0.152. The van der Waals surface area contributed by atoms with Gasteiger partial charge in [0.2, 0.25) is 0 Å². The highest BCUT2D eigenvalue weighted by atomic mass is 19.1. The zero-order valence-electron chi connectivity index (χ0n) is 22.6. The number of amides is 2. The van der Waals surface area contributed by atoms with E-state index in [1.165, 1.54) is 43.4 Å². The molecule has 0 bridgehead atoms. The molecule has 1 heterocycles. The van der Waals surface area contributed by atoms with Crippen molar-refractivity contribution in [2.24, 2.45) is 5.92 Å². The summed E-state index contributed by atoms with van der Waals surface area (Å²) in [5.74, 6) is -2.17. The van der Waals surface area contributed by atoms with Crippen molar-refractivity contribution in [3.63, 3.8) is 0 Å². The van der Waals surface area contributed by atoms with Gasteiger partial charge in [-0.25, -0.2) is 13.2 Å². The van der Waals surface area contributed by atoms with Crippen molar-refractivity contribution in [1.29, 1.82) is 0 Å². The van der Waals surface area contributed by atoms with E-state index in [4.69, 9.17) is 4.42 Å². The minimum Gasteiger partial charge on any atom is -0.455 e. The molecule has 0 unspecified atom stereocenters. The van der Waals surface area contributed by atoms with E-state index in [0.717, 1.165) is 6.07 Å². The molecule has 0 radical (unpaired) electrons. The summed E-state index contributed by atoms with van der Waals surface area (Å²) in [4.78, 5) is 26.2. The number of carbonyl (C=O) groups is 2. The van der Waals surface area contributed by atoms with Gasteiger partial charge in [0.15, 0.2) is 0 Å². The Balaban J connectivity index is 1.65. The number of carbonyl (C=O) groups excluding carboxylic acids is 2. The van der Waals surface area contributed by atoms with Crippen LogP contribution in [0.4, 0.5) is 13.2 Å². The predicted molar refractivity (Wildman–Crippen MR) is 153 cm³/mol. The largest absolute Gasteiger partial charge is 0.455 e. The summed E-state index contributed by atoms with van der Waals surface area (Å²) in [6, 6.07) is 19.2. The average Bonchev–Trinajstić information content (AvgIpc) is 3.33. The maximum absolute atomic E-state index is 14.1. The third-order valence-corrected chi connectivity index (χ3v) is 6.69. The molecule has 41 heavy (non-hydrogen) atoms. The second-order valence-corrected chi connectivity index (χ2v) is 10.1. The van der Waals surface area contributed by atoms with Crippen molar-refractivity contribution < 1.29 is 27.2 Å². The molecule has 4 aromatic carbocycles. The van der Waals surface area contributed by atoms with E-state index < -0.39 is 17.5 Å². The lowest BCUT2D eigenvalue weighted by molar-refractivity contribution is 0.0946. The molecule has 0 spiro atoms. The maximum Gasteiger partial charge on any atom is 0.255 e. The normalized spacial score (nSPS) is 11.2. The van der Waals surface area contributed by atoms with Gasteiger partial charge < -0.3 is 15.1 Å². The first kappa shape index (κ1) is 27.7. The van der Waals surface area contributed by atoms with Gasteiger partial charge in [-0.1, -0.05) is 32.0 Å². The van der Waals surface area contributed by atoms with Crippen molar-refractivity contribution in [3.8, 4) is 33.6 Å². The predicted octanol–water partition coefficient (Wildman–Crippen LogP) is 7.60. The Morgan fingerprint density at radius 3 is 2.02 bits per heavy atom. The molecular formula is C33H27F3N2O3. The second-order valence-electron chi connectivity index (χ2n) is 10.1. The Bertz CT molecular complexity index is 1760. The van der Waals surface area contributed by atoms with E-state index in [-0.39, 0.29) is 34.4 Å². The molecule has 0 aliphatic carbocycles. The van der Waals surface area contributed by atoms with E-state index in [9.17, 15) is 22.8 Å². The highest BCUT2D eigenvalue weighted by molar-refractivity contribution is 6.12. The van der Waals surface area contributed by atoms with Crippen molar-refractivity contribution in [1.82, 2.24) is 10.6 Å². The minimum absolute atomic E-state index is 0.194. The van der Waals surface area contributed by atoms with E-state index in [2.05, 4.69) is 10.6 Å². The molecule has 5 nitrogen and oxygen atoms in total. The van der Waals surface area contributed by atoms with Crippen LogP contribution in [0, 0.1) is 23.4 Å². The summed E-state index contributed by atoms with van der Waals surface area (Å²) >= 11 is 0. The van der Waals surface area contributed by atoms with Crippen LogP contribution in [0.3, 0.4) is 0 Å². The minimum atomic E-state index is -0.748. The van der Waals surface area contributed by atoms with Crippen LogP contribution in [0.25, 0.3) is 44.5 Å². The zero-order valence-corrected chi connectivity index (χ0v) is 22.6. The second kappa shape index (κ2) is 11.3. The Morgan fingerprint density at radius 2 is 1.37 bits per heavy atom. The molecule has 8 heteroatoms. The van der Waals surface area contributed by atoms with Crippen LogP contribution in [-0.4, -0.2) is 25.4 Å². The molecule has 0 saturated carbocycles. The number of rotatable bonds is 7.